The predicted molar refractivity (Wildman–Crippen MR) is 56.4 cm³/mol. The minimum Gasteiger partial charge on any atom is -0.282 e. The standard InChI is InChI=1S/C11H14N2O2/c14-10-2-1-3-11(15)13(10)7-5-9-4-6-12-8-9/h6,8H,1-5,7H2. The third-order valence-corrected chi connectivity index (χ3v) is 2.76. The molecule has 0 bridgehead atoms. The number of rotatable bonds is 3. The average Bonchev–Trinajstić information content (AvgIpc) is 2.70. The second-order valence-corrected chi connectivity index (χ2v) is 3.87. The highest BCUT2D eigenvalue weighted by molar-refractivity contribution is 5.97. The van der Waals surface area contributed by atoms with Crippen LogP contribution in [0.15, 0.2) is 16.8 Å². The van der Waals surface area contributed by atoms with Crippen LogP contribution in [0.25, 0.3) is 0 Å². The monoisotopic (exact) mass is 206 g/mol. The van der Waals surface area contributed by atoms with E-state index >= 15 is 0 Å². The summed E-state index contributed by atoms with van der Waals surface area (Å²) >= 11 is 0. The Labute approximate surface area is 88.7 Å². The fraction of sp³-hybridized carbons (Fsp3) is 0.545. The Bertz CT molecular complexity index is 328. The molecule has 0 aromatic rings. The number of nitrogens with zero attached hydrogens (tertiary/aromatic N) is 2. The van der Waals surface area contributed by atoms with Crippen LogP contribution in [0.3, 0.4) is 0 Å². The summed E-state index contributed by atoms with van der Waals surface area (Å²) in [5.74, 6) is -0.0449. The number of imide groups is 1. The number of likely N-dealkylation sites (tertiary alicyclic amines) is 1. The van der Waals surface area contributed by atoms with Gasteiger partial charge >= 0.3 is 0 Å². The van der Waals surface area contributed by atoms with Gasteiger partial charge in [0.1, 0.15) is 0 Å². The SMILES string of the molecule is O=C1CCCC(=O)N1CCC1=CN=CC1. The van der Waals surface area contributed by atoms with Crippen molar-refractivity contribution >= 4 is 18.0 Å². The van der Waals surface area contributed by atoms with Gasteiger partial charge < -0.3 is 0 Å². The Hall–Kier alpha value is -1.45. The van der Waals surface area contributed by atoms with Crippen molar-refractivity contribution in [1.29, 1.82) is 0 Å². The molecule has 0 unspecified atom stereocenters. The van der Waals surface area contributed by atoms with Crippen LogP contribution in [-0.2, 0) is 9.59 Å². The molecule has 0 radical (unpaired) electrons. The van der Waals surface area contributed by atoms with E-state index in [2.05, 4.69) is 4.99 Å². The summed E-state index contributed by atoms with van der Waals surface area (Å²) in [5, 5.41) is 0. The van der Waals surface area contributed by atoms with E-state index in [4.69, 9.17) is 0 Å². The van der Waals surface area contributed by atoms with Crippen molar-refractivity contribution in [3.63, 3.8) is 0 Å². The molecule has 2 amide bonds. The smallest absolute Gasteiger partial charge is 0.229 e. The molecule has 0 N–H and O–H groups in total. The zero-order valence-electron chi connectivity index (χ0n) is 8.61. The number of carbonyl (C=O) groups is 2. The van der Waals surface area contributed by atoms with Gasteiger partial charge in [-0.05, 0) is 18.4 Å². The summed E-state index contributed by atoms with van der Waals surface area (Å²) in [6.07, 6.45) is 7.02. The van der Waals surface area contributed by atoms with Crippen molar-refractivity contribution < 1.29 is 9.59 Å². The number of piperidine rings is 1. The molecule has 0 atom stereocenters. The van der Waals surface area contributed by atoms with Crippen LogP contribution in [0.5, 0.6) is 0 Å². The zero-order chi connectivity index (χ0) is 10.7. The van der Waals surface area contributed by atoms with E-state index in [1.165, 1.54) is 10.5 Å². The second-order valence-electron chi connectivity index (χ2n) is 3.87. The quantitative estimate of drug-likeness (QED) is 0.653. The third kappa shape index (κ3) is 2.32. The number of hydrogen-bond acceptors (Lipinski definition) is 3. The van der Waals surface area contributed by atoms with Crippen molar-refractivity contribution in [2.45, 2.75) is 32.1 Å². The van der Waals surface area contributed by atoms with E-state index in [0.29, 0.717) is 25.8 Å². The molecular formula is C11H14N2O2. The zero-order valence-corrected chi connectivity index (χ0v) is 8.61. The van der Waals surface area contributed by atoms with Crippen molar-refractivity contribution in [1.82, 2.24) is 4.90 Å². The summed E-state index contributed by atoms with van der Waals surface area (Å²) in [5.41, 5.74) is 1.20. The van der Waals surface area contributed by atoms with Gasteiger partial charge in [0.15, 0.2) is 0 Å². The van der Waals surface area contributed by atoms with Gasteiger partial charge in [-0.25, -0.2) is 0 Å². The predicted octanol–water partition coefficient (Wildman–Crippen LogP) is 1.27. The molecule has 0 saturated carbocycles. The molecule has 80 valence electrons. The molecule has 0 aromatic carbocycles. The Morgan fingerprint density at radius 3 is 2.60 bits per heavy atom. The first kappa shape index (κ1) is 10.1. The largest absolute Gasteiger partial charge is 0.282 e. The van der Waals surface area contributed by atoms with Gasteiger partial charge in [-0.3, -0.25) is 19.5 Å². The summed E-state index contributed by atoms with van der Waals surface area (Å²) in [7, 11) is 0. The minimum atomic E-state index is -0.0224. The van der Waals surface area contributed by atoms with E-state index in [9.17, 15) is 9.59 Å². The van der Waals surface area contributed by atoms with E-state index in [-0.39, 0.29) is 11.8 Å². The topological polar surface area (TPSA) is 49.7 Å². The maximum absolute atomic E-state index is 11.5. The maximum atomic E-state index is 11.5. The van der Waals surface area contributed by atoms with Gasteiger partial charge in [-0.2, -0.15) is 0 Å². The minimum absolute atomic E-state index is 0.0224. The van der Waals surface area contributed by atoms with Gasteiger partial charge in [0, 0.05) is 38.2 Å². The first-order valence-electron chi connectivity index (χ1n) is 5.30. The molecule has 2 aliphatic rings. The number of carbonyl (C=O) groups excluding carboxylic acids is 2. The van der Waals surface area contributed by atoms with E-state index in [1.807, 2.05) is 12.4 Å². The molecule has 2 rings (SSSR count). The van der Waals surface area contributed by atoms with Crippen LogP contribution in [-0.4, -0.2) is 29.5 Å². The Morgan fingerprint density at radius 2 is 2.00 bits per heavy atom. The van der Waals surface area contributed by atoms with Crippen molar-refractivity contribution in [3.8, 4) is 0 Å². The maximum Gasteiger partial charge on any atom is 0.229 e. The molecule has 1 fully saturated rings. The van der Waals surface area contributed by atoms with Gasteiger partial charge in [-0.1, -0.05) is 0 Å². The molecule has 15 heavy (non-hydrogen) atoms. The van der Waals surface area contributed by atoms with Crippen LogP contribution in [0.4, 0.5) is 0 Å². The molecule has 4 heteroatoms. The average molecular weight is 206 g/mol. The van der Waals surface area contributed by atoms with Crippen LogP contribution in [0.2, 0.25) is 0 Å². The lowest BCUT2D eigenvalue weighted by Crippen LogP contribution is -2.40. The van der Waals surface area contributed by atoms with Crippen LogP contribution in [0.1, 0.15) is 32.1 Å². The molecule has 0 aromatic heterocycles. The van der Waals surface area contributed by atoms with Gasteiger partial charge in [0.2, 0.25) is 11.8 Å². The molecular weight excluding hydrogens is 192 g/mol. The Kier molecular flexibility index (Phi) is 2.94. The molecule has 2 aliphatic heterocycles. The molecule has 1 saturated heterocycles. The Morgan fingerprint density at radius 1 is 1.27 bits per heavy atom. The van der Waals surface area contributed by atoms with Gasteiger partial charge in [0.25, 0.3) is 0 Å². The fourth-order valence-electron chi connectivity index (χ4n) is 1.85. The van der Waals surface area contributed by atoms with E-state index in [1.54, 1.807) is 0 Å². The number of amides is 2. The number of aliphatic imine (C=N–C) groups is 1. The summed E-state index contributed by atoms with van der Waals surface area (Å²) < 4.78 is 0. The first-order valence-corrected chi connectivity index (χ1v) is 5.30. The van der Waals surface area contributed by atoms with Crippen molar-refractivity contribution in [2.75, 3.05) is 6.54 Å². The van der Waals surface area contributed by atoms with Gasteiger partial charge in [0.05, 0.1) is 0 Å². The van der Waals surface area contributed by atoms with E-state index in [0.717, 1.165) is 12.8 Å². The summed E-state index contributed by atoms with van der Waals surface area (Å²) in [4.78, 5) is 28.3. The highest BCUT2D eigenvalue weighted by atomic mass is 16.2. The molecule has 2 heterocycles. The van der Waals surface area contributed by atoms with E-state index < -0.39 is 0 Å². The number of hydrogen-bond donors (Lipinski definition) is 0. The first-order chi connectivity index (χ1) is 7.27. The normalized spacial score (nSPS) is 21.1. The molecule has 0 spiro atoms. The summed E-state index contributed by atoms with van der Waals surface area (Å²) in [6, 6.07) is 0. The summed E-state index contributed by atoms with van der Waals surface area (Å²) in [6.45, 7) is 0.521. The van der Waals surface area contributed by atoms with Gasteiger partial charge in [-0.15, -0.1) is 0 Å². The lowest BCUT2D eigenvalue weighted by Gasteiger charge is -2.24. The molecule has 4 nitrogen and oxygen atoms in total. The van der Waals surface area contributed by atoms with Crippen LogP contribution in [0, 0.1) is 0 Å². The second kappa shape index (κ2) is 4.38. The van der Waals surface area contributed by atoms with Crippen molar-refractivity contribution in [2.24, 2.45) is 4.99 Å². The third-order valence-electron chi connectivity index (χ3n) is 2.76. The van der Waals surface area contributed by atoms with Crippen molar-refractivity contribution in [3.05, 3.63) is 11.8 Å². The highest BCUT2D eigenvalue weighted by Gasteiger charge is 2.25. The fourth-order valence-corrected chi connectivity index (χ4v) is 1.85. The highest BCUT2D eigenvalue weighted by Crippen LogP contribution is 2.16. The Balaban J connectivity index is 1.87. The lowest BCUT2D eigenvalue weighted by molar-refractivity contribution is -0.147. The van der Waals surface area contributed by atoms with Crippen LogP contribution >= 0.6 is 0 Å². The van der Waals surface area contributed by atoms with Crippen LogP contribution < -0.4 is 0 Å². The lowest BCUT2D eigenvalue weighted by atomic mass is 10.1. The molecule has 0 aliphatic carbocycles.